The average Bonchev–Trinajstić information content (AvgIpc) is 3.57. The molecule has 0 aliphatic rings. The highest BCUT2D eigenvalue weighted by Gasteiger charge is 2.35. The fourth-order valence-corrected chi connectivity index (χ4v) is 5.49. The summed E-state index contributed by atoms with van der Waals surface area (Å²) in [6.45, 7) is 1.47. The Morgan fingerprint density at radius 2 is 1.65 bits per heavy atom. The molecule has 3 aromatic heterocycles. The summed E-state index contributed by atoms with van der Waals surface area (Å²) in [6, 6.07) is 12.6. The lowest BCUT2D eigenvalue weighted by atomic mass is 10.2. The molecule has 0 spiro atoms. The fraction of sp³-hybridized carbons (Fsp3) is 0.240. The lowest BCUT2D eigenvalue weighted by Crippen LogP contribution is -2.33. The number of nitrogens with zero attached hydrogens (tertiary/aromatic N) is 6. The predicted octanol–water partition coefficient (Wildman–Crippen LogP) is 3.79. The molecule has 3 heterocycles. The normalized spacial score (nSPS) is 13.2. The number of fused-ring (bicyclic) bond motifs is 1. The van der Waals surface area contributed by atoms with Gasteiger partial charge in [-0.3, -0.25) is 14.4 Å². The number of para-hydroxylation sites is 2. The van der Waals surface area contributed by atoms with Gasteiger partial charge in [0.1, 0.15) is 34.2 Å². The maximum Gasteiger partial charge on any atom is 0.243 e. The van der Waals surface area contributed by atoms with Gasteiger partial charge in [0.2, 0.25) is 16.0 Å². The SMILES string of the molecule is COc1cccc(OC)c1-n1c(NS(=O)(=O)C(C)C(OC)c2ncc(Cl)cn2)nnc1-c1n[nH]c2ccccc12. The van der Waals surface area contributed by atoms with Crippen molar-refractivity contribution in [2.24, 2.45) is 0 Å². The van der Waals surface area contributed by atoms with Crippen molar-refractivity contribution in [1.29, 1.82) is 0 Å². The van der Waals surface area contributed by atoms with Gasteiger partial charge in [-0.25, -0.2) is 18.4 Å². The summed E-state index contributed by atoms with van der Waals surface area (Å²) in [5.74, 6) is 1.05. The van der Waals surface area contributed by atoms with E-state index in [-0.39, 0.29) is 17.6 Å². The van der Waals surface area contributed by atoms with Gasteiger partial charge in [0.15, 0.2) is 11.6 Å². The molecule has 15 heteroatoms. The van der Waals surface area contributed by atoms with Gasteiger partial charge in [0, 0.05) is 24.9 Å². The van der Waals surface area contributed by atoms with Crippen LogP contribution >= 0.6 is 11.6 Å². The van der Waals surface area contributed by atoms with Crippen LogP contribution < -0.4 is 14.2 Å². The summed E-state index contributed by atoms with van der Waals surface area (Å²) in [6.07, 6.45) is 1.73. The second-order valence-electron chi connectivity index (χ2n) is 8.58. The van der Waals surface area contributed by atoms with E-state index in [2.05, 4.69) is 35.1 Å². The number of anilines is 1. The molecular formula is C25H25ClN8O5S. The maximum absolute atomic E-state index is 13.7. The standard InChI is InChI=1S/C25H25ClN8O5S/c1-14(22(39-4)23-27-12-15(26)13-28-23)40(35,36)33-25-32-31-24(20-16-8-5-6-9-17(16)29-30-20)34(25)21-18(37-2)10-7-11-19(21)38-3/h5-14,22H,1-4H3,(H,29,30)(H,32,33). The number of methoxy groups -OCH3 is 3. The Kier molecular flexibility index (Phi) is 7.56. The van der Waals surface area contributed by atoms with Crippen LogP contribution in [0, 0.1) is 0 Å². The first-order valence-electron chi connectivity index (χ1n) is 11.9. The van der Waals surface area contributed by atoms with E-state index < -0.39 is 21.4 Å². The van der Waals surface area contributed by atoms with Crippen molar-refractivity contribution < 1.29 is 22.6 Å². The third-order valence-corrected chi connectivity index (χ3v) is 8.16. The first-order chi connectivity index (χ1) is 19.3. The first-order valence-corrected chi connectivity index (χ1v) is 13.8. The van der Waals surface area contributed by atoms with Gasteiger partial charge in [0.05, 0.1) is 24.8 Å². The van der Waals surface area contributed by atoms with Crippen LogP contribution in [0.3, 0.4) is 0 Å². The van der Waals surface area contributed by atoms with Gasteiger partial charge in [0.25, 0.3) is 0 Å². The Morgan fingerprint density at radius 3 is 2.30 bits per heavy atom. The minimum Gasteiger partial charge on any atom is -0.494 e. The second-order valence-corrected chi connectivity index (χ2v) is 11.1. The Labute approximate surface area is 234 Å². The van der Waals surface area contributed by atoms with Crippen molar-refractivity contribution >= 4 is 38.5 Å². The zero-order chi connectivity index (χ0) is 28.4. The van der Waals surface area contributed by atoms with Crippen LogP contribution in [0.1, 0.15) is 18.9 Å². The van der Waals surface area contributed by atoms with Gasteiger partial charge in [-0.05, 0) is 25.1 Å². The summed E-state index contributed by atoms with van der Waals surface area (Å²) in [4.78, 5) is 8.26. The number of benzene rings is 2. The Morgan fingerprint density at radius 1 is 0.975 bits per heavy atom. The highest BCUT2D eigenvalue weighted by atomic mass is 35.5. The van der Waals surface area contributed by atoms with Crippen molar-refractivity contribution in [2.75, 3.05) is 26.1 Å². The smallest absolute Gasteiger partial charge is 0.243 e. The average molecular weight is 585 g/mol. The van der Waals surface area contributed by atoms with Crippen LogP contribution in [-0.2, 0) is 14.8 Å². The van der Waals surface area contributed by atoms with Crippen LogP contribution in [0.5, 0.6) is 11.5 Å². The fourth-order valence-electron chi connectivity index (χ4n) is 4.26. The van der Waals surface area contributed by atoms with E-state index >= 15 is 0 Å². The highest BCUT2D eigenvalue weighted by molar-refractivity contribution is 7.93. The van der Waals surface area contributed by atoms with Crippen molar-refractivity contribution in [1.82, 2.24) is 34.9 Å². The summed E-state index contributed by atoms with van der Waals surface area (Å²) in [7, 11) is 0.188. The third-order valence-electron chi connectivity index (χ3n) is 6.27. The minimum atomic E-state index is -4.17. The summed E-state index contributed by atoms with van der Waals surface area (Å²) < 4.78 is 48.2. The molecule has 13 nitrogen and oxygen atoms in total. The molecule has 2 atom stereocenters. The van der Waals surface area contributed by atoms with Crippen LogP contribution in [0.25, 0.3) is 28.1 Å². The number of halogens is 1. The molecule has 0 bridgehead atoms. The van der Waals surface area contributed by atoms with E-state index in [0.717, 1.165) is 10.9 Å². The molecule has 2 unspecified atom stereocenters. The molecule has 40 heavy (non-hydrogen) atoms. The number of hydrogen-bond donors (Lipinski definition) is 2. The topological polar surface area (TPSA) is 159 Å². The van der Waals surface area contributed by atoms with E-state index in [0.29, 0.717) is 27.9 Å². The van der Waals surface area contributed by atoms with Crippen LogP contribution in [0.4, 0.5) is 5.95 Å². The summed E-state index contributed by atoms with van der Waals surface area (Å²) in [5.41, 5.74) is 1.58. The minimum absolute atomic E-state index is 0.122. The third kappa shape index (κ3) is 4.92. The van der Waals surface area contributed by atoms with Crippen molar-refractivity contribution in [3.05, 3.63) is 65.7 Å². The number of ether oxygens (including phenoxy) is 3. The molecular weight excluding hydrogens is 560 g/mol. The molecule has 0 radical (unpaired) electrons. The van der Waals surface area contributed by atoms with Gasteiger partial charge < -0.3 is 14.2 Å². The van der Waals surface area contributed by atoms with Crippen molar-refractivity contribution in [2.45, 2.75) is 18.3 Å². The monoisotopic (exact) mass is 584 g/mol. The first kappa shape index (κ1) is 27.3. The van der Waals surface area contributed by atoms with Crippen LogP contribution in [-0.4, -0.2) is 69.9 Å². The Hall–Kier alpha value is -4.27. The number of hydrogen-bond acceptors (Lipinski definition) is 10. The number of rotatable bonds is 10. The van der Waals surface area contributed by atoms with E-state index in [4.69, 9.17) is 25.8 Å². The summed E-state index contributed by atoms with van der Waals surface area (Å²) >= 11 is 5.90. The lowest BCUT2D eigenvalue weighted by molar-refractivity contribution is 0.0950. The molecule has 5 rings (SSSR count). The number of nitrogens with one attached hydrogen (secondary N) is 2. The predicted molar refractivity (Wildman–Crippen MR) is 148 cm³/mol. The zero-order valence-electron chi connectivity index (χ0n) is 21.9. The van der Waals surface area contributed by atoms with E-state index in [1.807, 2.05) is 24.3 Å². The molecule has 5 aromatic rings. The van der Waals surface area contributed by atoms with E-state index in [1.54, 1.807) is 18.2 Å². The van der Waals surface area contributed by atoms with Crippen LogP contribution in [0.2, 0.25) is 5.02 Å². The Balaban J connectivity index is 1.65. The van der Waals surface area contributed by atoms with Gasteiger partial charge in [-0.1, -0.05) is 35.9 Å². The molecule has 2 N–H and O–H groups in total. The molecule has 208 valence electrons. The number of aromatic amines is 1. The lowest BCUT2D eigenvalue weighted by Gasteiger charge is -2.22. The van der Waals surface area contributed by atoms with E-state index in [9.17, 15) is 8.42 Å². The number of sulfonamides is 1. The largest absolute Gasteiger partial charge is 0.494 e. The second kappa shape index (κ2) is 11.1. The molecule has 0 aliphatic heterocycles. The van der Waals surface area contributed by atoms with Crippen LogP contribution in [0.15, 0.2) is 54.9 Å². The molecule has 0 fully saturated rings. The van der Waals surface area contributed by atoms with Crippen molar-refractivity contribution in [3.8, 4) is 28.7 Å². The number of aromatic nitrogens is 7. The van der Waals surface area contributed by atoms with Gasteiger partial charge in [-0.15, -0.1) is 10.2 Å². The molecule has 0 saturated heterocycles. The highest BCUT2D eigenvalue weighted by Crippen LogP contribution is 2.39. The quantitative estimate of drug-likeness (QED) is 0.247. The molecule has 0 saturated carbocycles. The Bertz CT molecular complexity index is 1730. The molecule has 0 aliphatic carbocycles. The summed E-state index contributed by atoms with van der Waals surface area (Å²) in [5, 5.41) is 15.9. The van der Waals surface area contributed by atoms with Crippen molar-refractivity contribution in [3.63, 3.8) is 0 Å². The van der Waals surface area contributed by atoms with Gasteiger partial charge in [-0.2, -0.15) is 5.10 Å². The van der Waals surface area contributed by atoms with E-state index in [1.165, 1.54) is 45.2 Å². The number of H-pyrrole nitrogens is 1. The van der Waals surface area contributed by atoms with Gasteiger partial charge >= 0.3 is 0 Å². The molecule has 2 aromatic carbocycles. The zero-order valence-corrected chi connectivity index (χ0v) is 23.4. The molecule has 0 amide bonds. The maximum atomic E-state index is 13.7.